The molecule has 1 aromatic carbocycles. The molecule has 1 aromatic rings. The first-order valence-corrected chi connectivity index (χ1v) is 9.16. The molecule has 2 aliphatic rings. The van der Waals surface area contributed by atoms with Gasteiger partial charge in [-0.15, -0.1) is 0 Å². The largest absolute Gasteiger partial charge is 0.466 e. The highest BCUT2D eigenvalue weighted by Crippen LogP contribution is 2.30. The molecule has 0 aromatic heterocycles. The Balaban J connectivity index is 1.99. The van der Waals surface area contributed by atoms with Crippen LogP contribution in [0.25, 0.3) is 0 Å². The summed E-state index contributed by atoms with van der Waals surface area (Å²) in [5.74, 6) is 0.210. The van der Waals surface area contributed by atoms with Crippen LogP contribution < -0.4 is 10.6 Å². The summed E-state index contributed by atoms with van der Waals surface area (Å²) in [5.41, 5.74) is 3.06. The Labute approximate surface area is 154 Å². The predicted molar refractivity (Wildman–Crippen MR) is 99.5 cm³/mol. The molecule has 0 spiro atoms. The summed E-state index contributed by atoms with van der Waals surface area (Å²) in [6.07, 6.45) is 2.36. The SMILES string of the molecule is COC(=O)C1=C(CN2CCCC(C)C2)NC(=O)NC1c1ccccc1C. The van der Waals surface area contributed by atoms with E-state index in [9.17, 15) is 9.59 Å². The zero-order chi connectivity index (χ0) is 18.7. The number of urea groups is 1. The van der Waals surface area contributed by atoms with Crippen molar-refractivity contribution in [1.29, 1.82) is 0 Å². The molecule has 140 valence electrons. The van der Waals surface area contributed by atoms with Gasteiger partial charge in [0.15, 0.2) is 0 Å². The van der Waals surface area contributed by atoms with Crippen LogP contribution in [0.2, 0.25) is 0 Å². The molecule has 0 aliphatic carbocycles. The van der Waals surface area contributed by atoms with E-state index >= 15 is 0 Å². The molecule has 1 saturated heterocycles. The van der Waals surface area contributed by atoms with Crippen LogP contribution >= 0.6 is 0 Å². The molecule has 0 radical (unpaired) electrons. The third-order valence-corrected chi connectivity index (χ3v) is 5.18. The maximum Gasteiger partial charge on any atom is 0.338 e. The summed E-state index contributed by atoms with van der Waals surface area (Å²) in [6.45, 7) is 6.70. The first-order chi connectivity index (χ1) is 12.5. The number of esters is 1. The lowest BCUT2D eigenvalue weighted by atomic mass is 9.91. The molecule has 2 unspecified atom stereocenters. The van der Waals surface area contributed by atoms with Gasteiger partial charge in [-0.25, -0.2) is 9.59 Å². The molecule has 2 heterocycles. The van der Waals surface area contributed by atoms with Gasteiger partial charge in [-0.2, -0.15) is 0 Å². The quantitative estimate of drug-likeness (QED) is 0.813. The average Bonchev–Trinajstić information content (AvgIpc) is 2.61. The monoisotopic (exact) mass is 357 g/mol. The van der Waals surface area contributed by atoms with E-state index in [1.54, 1.807) is 0 Å². The Bertz CT molecular complexity index is 729. The van der Waals surface area contributed by atoms with E-state index in [1.165, 1.54) is 13.5 Å². The minimum Gasteiger partial charge on any atom is -0.466 e. The molecule has 2 amide bonds. The lowest BCUT2D eigenvalue weighted by Crippen LogP contribution is -2.49. The lowest BCUT2D eigenvalue weighted by molar-refractivity contribution is -0.136. The minimum absolute atomic E-state index is 0.286. The molecule has 3 rings (SSSR count). The first kappa shape index (κ1) is 18.5. The van der Waals surface area contributed by atoms with Gasteiger partial charge in [0.1, 0.15) is 0 Å². The number of carbonyl (C=O) groups excluding carboxylic acids is 2. The molecule has 0 bridgehead atoms. The number of nitrogens with one attached hydrogen (secondary N) is 2. The zero-order valence-electron chi connectivity index (χ0n) is 15.7. The number of carbonyl (C=O) groups is 2. The number of ether oxygens (including phenoxy) is 1. The zero-order valence-corrected chi connectivity index (χ0v) is 15.7. The Morgan fingerprint density at radius 1 is 1.35 bits per heavy atom. The van der Waals surface area contributed by atoms with E-state index in [2.05, 4.69) is 22.5 Å². The molecule has 6 nitrogen and oxygen atoms in total. The molecular weight excluding hydrogens is 330 g/mol. The van der Waals surface area contributed by atoms with Gasteiger partial charge in [-0.05, 0) is 43.4 Å². The number of benzene rings is 1. The Hall–Kier alpha value is -2.34. The topological polar surface area (TPSA) is 70.7 Å². The van der Waals surface area contributed by atoms with E-state index in [-0.39, 0.29) is 6.03 Å². The van der Waals surface area contributed by atoms with Crippen molar-refractivity contribution in [2.24, 2.45) is 5.92 Å². The second-order valence-corrected chi connectivity index (χ2v) is 7.25. The van der Waals surface area contributed by atoms with Crippen LogP contribution in [0, 0.1) is 12.8 Å². The van der Waals surface area contributed by atoms with E-state index in [1.807, 2.05) is 31.2 Å². The van der Waals surface area contributed by atoms with Crippen LogP contribution in [-0.2, 0) is 9.53 Å². The van der Waals surface area contributed by atoms with Gasteiger partial charge in [-0.1, -0.05) is 31.2 Å². The van der Waals surface area contributed by atoms with Gasteiger partial charge in [0.05, 0.1) is 18.7 Å². The fourth-order valence-corrected chi connectivity index (χ4v) is 3.89. The molecule has 0 saturated carbocycles. The van der Waals surface area contributed by atoms with Gasteiger partial charge in [0.2, 0.25) is 0 Å². The lowest BCUT2D eigenvalue weighted by Gasteiger charge is -2.35. The maximum absolute atomic E-state index is 12.6. The number of rotatable bonds is 4. The summed E-state index contributed by atoms with van der Waals surface area (Å²) >= 11 is 0. The van der Waals surface area contributed by atoms with Gasteiger partial charge in [0.25, 0.3) is 0 Å². The molecule has 1 fully saturated rings. The minimum atomic E-state index is -0.505. The number of amides is 2. The molecule has 2 atom stereocenters. The highest BCUT2D eigenvalue weighted by molar-refractivity contribution is 5.95. The molecule has 26 heavy (non-hydrogen) atoms. The van der Waals surface area contributed by atoms with Crippen molar-refractivity contribution in [1.82, 2.24) is 15.5 Å². The molecule has 2 aliphatic heterocycles. The van der Waals surface area contributed by atoms with Gasteiger partial charge < -0.3 is 15.4 Å². The van der Waals surface area contributed by atoms with Crippen molar-refractivity contribution in [2.45, 2.75) is 32.7 Å². The summed E-state index contributed by atoms with van der Waals surface area (Å²) in [6, 6.07) is 6.98. The van der Waals surface area contributed by atoms with E-state index < -0.39 is 12.0 Å². The second kappa shape index (κ2) is 7.91. The van der Waals surface area contributed by atoms with Crippen molar-refractivity contribution in [3.63, 3.8) is 0 Å². The first-order valence-electron chi connectivity index (χ1n) is 9.16. The van der Waals surface area contributed by atoms with Gasteiger partial charge in [0, 0.05) is 18.8 Å². The fraction of sp³-hybridized carbons (Fsp3) is 0.500. The van der Waals surface area contributed by atoms with Crippen LogP contribution in [0.4, 0.5) is 4.79 Å². The number of hydrogen-bond acceptors (Lipinski definition) is 4. The van der Waals surface area contributed by atoms with Crippen LogP contribution in [0.3, 0.4) is 0 Å². The van der Waals surface area contributed by atoms with Crippen molar-refractivity contribution < 1.29 is 14.3 Å². The number of methoxy groups -OCH3 is 1. The fourth-order valence-electron chi connectivity index (χ4n) is 3.89. The number of nitrogens with zero attached hydrogens (tertiary/aromatic N) is 1. The van der Waals surface area contributed by atoms with Crippen LogP contribution in [-0.4, -0.2) is 43.6 Å². The standard InChI is InChI=1S/C20H27N3O3/c1-13-7-6-10-23(11-13)12-16-17(19(24)26-3)18(22-20(25)21-16)15-9-5-4-8-14(15)2/h4-5,8-9,13,18H,6-7,10-12H2,1-3H3,(H2,21,22,25). The summed E-state index contributed by atoms with van der Waals surface area (Å²) in [7, 11) is 1.38. The van der Waals surface area contributed by atoms with Gasteiger partial charge in [-0.3, -0.25) is 4.90 Å². The highest BCUT2D eigenvalue weighted by Gasteiger charge is 2.35. The highest BCUT2D eigenvalue weighted by atomic mass is 16.5. The summed E-state index contributed by atoms with van der Waals surface area (Å²) in [5, 5.41) is 5.74. The third kappa shape index (κ3) is 3.90. The third-order valence-electron chi connectivity index (χ3n) is 5.18. The number of likely N-dealkylation sites (tertiary alicyclic amines) is 1. The van der Waals surface area contributed by atoms with Crippen LogP contribution in [0.1, 0.15) is 36.9 Å². The summed E-state index contributed by atoms with van der Waals surface area (Å²) < 4.78 is 5.05. The predicted octanol–water partition coefficient (Wildman–Crippen LogP) is 2.51. The molecular formula is C20H27N3O3. The molecule has 2 N–H and O–H groups in total. The van der Waals surface area contributed by atoms with Crippen molar-refractivity contribution in [3.05, 3.63) is 46.7 Å². The van der Waals surface area contributed by atoms with E-state index in [4.69, 9.17) is 4.74 Å². The van der Waals surface area contributed by atoms with Crippen molar-refractivity contribution in [2.75, 3.05) is 26.7 Å². The van der Waals surface area contributed by atoms with E-state index in [0.717, 1.165) is 30.6 Å². The maximum atomic E-state index is 12.6. The molecule has 6 heteroatoms. The Kier molecular flexibility index (Phi) is 5.61. The normalized spacial score (nSPS) is 24.0. The van der Waals surface area contributed by atoms with Crippen molar-refractivity contribution in [3.8, 4) is 0 Å². The summed E-state index contributed by atoms with van der Waals surface area (Å²) in [4.78, 5) is 27.2. The number of piperidine rings is 1. The van der Waals surface area contributed by atoms with Crippen LogP contribution in [0.15, 0.2) is 35.5 Å². The number of hydrogen-bond donors (Lipinski definition) is 2. The van der Waals surface area contributed by atoms with E-state index in [0.29, 0.717) is 23.7 Å². The second-order valence-electron chi connectivity index (χ2n) is 7.25. The van der Waals surface area contributed by atoms with Crippen LogP contribution in [0.5, 0.6) is 0 Å². The average molecular weight is 357 g/mol. The van der Waals surface area contributed by atoms with Gasteiger partial charge >= 0.3 is 12.0 Å². The Morgan fingerprint density at radius 3 is 2.81 bits per heavy atom. The van der Waals surface area contributed by atoms with Crippen molar-refractivity contribution >= 4 is 12.0 Å². The smallest absolute Gasteiger partial charge is 0.338 e. The Morgan fingerprint density at radius 2 is 2.12 bits per heavy atom. The number of aryl methyl sites for hydroxylation is 1.